The SMILES string of the molecule is CCN(Cc1ccc(-n2ccc(NC(=O)N3CCN(C(=O)C4(N)CCC4)CC3)nc2=O)cc1)[C@H]1CC[C@H](N)CC1.Cl. The molecular weight excluding hydrogens is 544 g/mol. The summed E-state index contributed by atoms with van der Waals surface area (Å²) in [5.41, 5.74) is 13.0. The number of halogens is 1. The Morgan fingerprint density at radius 3 is 2.22 bits per heavy atom. The van der Waals surface area contributed by atoms with E-state index < -0.39 is 11.2 Å². The summed E-state index contributed by atoms with van der Waals surface area (Å²) >= 11 is 0. The molecule has 5 N–H and O–H groups in total. The van der Waals surface area contributed by atoms with Crippen molar-refractivity contribution in [2.24, 2.45) is 11.5 Å². The van der Waals surface area contributed by atoms with Crippen LogP contribution in [0.1, 0.15) is 57.4 Å². The monoisotopic (exact) mass is 586 g/mol. The maximum Gasteiger partial charge on any atom is 0.354 e. The molecule has 1 aromatic carbocycles. The molecule has 2 aromatic rings. The van der Waals surface area contributed by atoms with E-state index in [0.29, 0.717) is 38.3 Å². The van der Waals surface area contributed by atoms with Crippen LogP contribution < -0.4 is 22.5 Å². The van der Waals surface area contributed by atoms with Gasteiger partial charge < -0.3 is 21.3 Å². The highest BCUT2D eigenvalue weighted by molar-refractivity contribution is 5.89. The number of rotatable bonds is 7. The molecule has 11 nitrogen and oxygen atoms in total. The van der Waals surface area contributed by atoms with Crippen molar-refractivity contribution in [3.8, 4) is 5.69 Å². The van der Waals surface area contributed by atoms with Gasteiger partial charge >= 0.3 is 11.7 Å². The Hall–Kier alpha value is -2.99. The third kappa shape index (κ3) is 7.09. The number of aromatic nitrogens is 2. The molecule has 0 atom stereocenters. The van der Waals surface area contributed by atoms with E-state index in [4.69, 9.17) is 11.5 Å². The first kappa shape index (κ1) is 31.0. The number of nitrogens with zero attached hydrogens (tertiary/aromatic N) is 5. The minimum atomic E-state index is -0.724. The molecule has 0 unspecified atom stereocenters. The highest BCUT2D eigenvalue weighted by atomic mass is 35.5. The van der Waals surface area contributed by atoms with E-state index in [2.05, 4.69) is 34.3 Å². The molecule has 1 saturated heterocycles. The molecule has 3 amide bonds. The third-order valence-corrected chi connectivity index (χ3v) is 8.83. The van der Waals surface area contributed by atoms with Crippen LogP contribution in [0, 0.1) is 0 Å². The Balaban J connectivity index is 0.00000387. The fourth-order valence-electron chi connectivity index (χ4n) is 6.02. The van der Waals surface area contributed by atoms with Gasteiger partial charge in [-0.1, -0.05) is 19.1 Å². The summed E-state index contributed by atoms with van der Waals surface area (Å²) in [6.45, 7) is 5.75. The van der Waals surface area contributed by atoms with Crippen LogP contribution in [0.4, 0.5) is 10.6 Å². The first-order valence-corrected chi connectivity index (χ1v) is 14.6. The summed E-state index contributed by atoms with van der Waals surface area (Å²) < 4.78 is 1.47. The minimum Gasteiger partial charge on any atom is -0.338 e. The van der Waals surface area contributed by atoms with Gasteiger partial charge in [-0.3, -0.25) is 19.6 Å². The number of hydrogen-bond acceptors (Lipinski definition) is 7. The summed E-state index contributed by atoms with van der Waals surface area (Å²) in [5, 5.41) is 2.72. The topological polar surface area (TPSA) is 143 Å². The zero-order valence-corrected chi connectivity index (χ0v) is 24.7. The van der Waals surface area contributed by atoms with Crippen LogP contribution in [-0.2, 0) is 11.3 Å². The summed E-state index contributed by atoms with van der Waals surface area (Å²) in [5.74, 6) is 0.178. The Morgan fingerprint density at radius 1 is 1.02 bits per heavy atom. The number of nitrogens with two attached hydrogens (primary N) is 2. The molecule has 12 heteroatoms. The van der Waals surface area contributed by atoms with Crippen molar-refractivity contribution in [3.05, 3.63) is 52.6 Å². The van der Waals surface area contributed by atoms with Gasteiger partial charge in [-0.2, -0.15) is 4.98 Å². The van der Waals surface area contributed by atoms with Gasteiger partial charge in [0, 0.05) is 51.0 Å². The number of benzene rings is 1. The van der Waals surface area contributed by atoms with Crippen molar-refractivity contribution in [1.29, 1.82) is 0 Å². The lowest BCUT2D eigenvalue weighted by Gasteiger charge is -2.43. The quantitative estimate of drug-likeness (QED) is 0.452. The van der Waals surface area contributed by atoms with E-state index in [9.17, 15) is 14.4 Å². The zero-order valence-electron chi connectivity index (χ0n) is 23.8. The zero-order chi connectivity index (χ0) is 28.3. The van der Waals surface area contributed by atoms with Crippen LogP contribution in [0.15, 0.2) is 41.3 Å². The van der Waals surface area contributed by atoms with Crippen molar-refractivity contribution < 1.29 is 9.59 Å². The molecule has 1 aromatic heterocycles. The van der Waals surface area contributed by atoms with Crippen molar-refractivity contribution in [3.63, 3.8) is 0 Å². The maximum atomic E-state index is 12.8. The lowest BCUT2D eigenvalue weighted by molar-refractivity contribution is -0.141. The van der Waals surface area contributed by atoms with Crippen LogP contribution in [0.5, 0.6) is 0 Å². The van der Waals surface area contributed by atoms with Crippen molar-refractivity contribution in [1.82, 2.24) is 24.3 Å². The number of nitrogens with one attached hydrogen (secondary N) is 1. The number of carbonyl (C=O) groups is 2. The number of anilines is 1. The number of amides is 3. The first-order valence-electron chi connectivity index (χ1n) is 14.6. The third-order valence-electron chi connectivity index (χ3n) is 8.83. The number of urea groups is 1. The second kappa shape index (κ2) is 13.3. The Kier molecular flexibility index (Phi) is 10.1. The summed E-state index contributed by atoms with van der Waals surface area (Å²) in [4.78, 5) is 48.2. The van der Waals surface area contributed by atoms with Gasteiger partial charge in [0.05, 0.1) is 11.2 Å². The number of carbonyl (C=O) groups excluding carboxylic acids is 2. The maximum absolute atomic E-state index is 12.8. The highest BCUT2D eigenvalue weighted by Crippen LogP contribution is 2.31. The van der Waals surface area contributed by atoms with Crippen LogP contribution >= 0.6 is 12.4 Å². The molecule has 0 bridgehead atoms. The van der Waals surface area contributed by atoms with E-state index in [1.165, 1.54) is 10.1 Å². The van der Waals surface area contributed by atoms with E-state index in [0.717, 1.165) is 63.7 Å². The summed E-state index contributed by atoms with van der Waals surface area (Å²) in [7, 11) is 0. The smallest absolute Gasteiger partial charge is 0.338 e. The number of piperazine rings is 1. The fourth-order valence-corrected chi connectivity index (χ4v) is 6.02. The normalized spacial score (nSPS) is 22.0. The standard InChI is InChI=1S/C29H42N8O3.ClH/c1-2-34(23-10-6-22(30)7-11-23)20-21-4-8-24(9-5-21)37-15-12-25(33-28(37)40)32-27(39)36-18-16-35(17-19-36)26(38)29(31)13-3-14-29;/h4-5,8-9,12,15,22-23H,2-3,6-7,10-11,13-14,16-20,30-31H2,1H3,(H,32,33,39,40);1H/t22-,23-;. The van der Waals surface area contributed by atoms with Crippen LogP contribution in [0.2, 0.25) is 0 Å². The molecule has 2 heterocycles. The molecule has 2 aliphatic carbocycles. The molecule has 1 aliphatic heterocycles. The van der Waals surface area contributed by atoms with Crippen molar-refractivity contribution in [2.75, 3.05) is 38.0 Å². The van der Waals surface area contributed by atoms with Gasteiger partial charge in [0.15, 0.2) is 0 Å². The van der Waals surface area contributed by atoms with Crippen molar-refractivity contribution in [2.45, 2.75) is 76.0 Å². The van der Waals surface area contributed by atoms with Gasteiger partial charge in [0.2, 0.25) is 5.91 Å². The predicted octanol–water partition coefficient (Wildman–Crippen LogP) is 2.30. The summed E-state index contributed by atoms with van der Waals surface area (Å²) in [6, 6.07) is 10.1. The molecule has 3 aliphatic rings. The minimum absolute atomic E-state index is 0. The molecule has 2 saturated carbocycles. The van der Waals surface area contributed by atoms with E-state index >= 15 is 0 Å². The summed E-state index contributed by atoms with van der Waals surface area (Å²) in [6.07, 6.45) is 8.50. The molecule has 0 radical (unpaired) electrons. The largest absolute Gasteiger partial charge is 0.354 e. The fraction of sp³-hybridized carbons (Fsp3) is 0.586. The predicted molar refractivity (Wildman–Crippen MR) is 161 cm³/mol. The van der Waals surface area contributed by atoms with Crippen LogP contribution in [0.3, 0.4) is 0 Å². The van der Waals surface area contributed by atoms with E-state index in [1.807, 2.05) is 12.1 Å². The average Bonchev–Trinajstić information content (AvgIpc) is 2.95. The Morgan fingerprint density at radius 2 is 1.66 bits per heavy atom. The van der Waals surface area contributed by atoms with Crippen LogP contribution in [-0.4, -0.2) is 86.5 Å². The molecule has 5 rings (SSSR count). The van der Waals surface area contributed by atoms with Gasteiger partial charge in [0.25, 0.3) is 0 Å². The average molecular weight is 587 g/mol. The Bertz CT molecular complexity index is 1250. The molecular formula is C29H43ClN8O3. The molecule has 224 valence electrons. The lowest BCUT2D eigenvalue weighted by Crippen LogP contribution is -2.63. The van der Waals surface area contributed by atoms with E-state index in [1.54, 1.807) is 22.1 Å². The van der Waals surface area contributed by atoms with Crippen molar-refractivity contribution >= 4 is 30.2 Å². The lowest BCUT2D eigenvalue weighted by atomic mass is 9.76. The second-order valence-corrected chi connectivity index (χ2v) is 11.5. The molecule has 0 spiro atoms. The highest BCUT2D eigenvalue weighted by Gasteiger charge is 2.43. The van der Waals surface area contributed by atoms with Gasteiger partial charge in [-0.15, -0.1) is 12.4 Å². The first-order chi connectivity index (χ1) is 19.3. The Labute approximate surface area is 247 Å². The molecule has 3 fully saturated rings. The van der Waals surface area contributed by atoms with Gasteiger partial charge in [-0.05, 0) is 75.3 Å². The van der Waals surface area contributed by atoms with E-state index in [-0.39, 0.29) is 30.2 Å². The second-order valence-electron chi connectivity index (χ2n) is 11.5. The van der Waals surface area contributed by atoms with Gasteiger partial charge in [-0.25, -0.2) is 9.59 Å². The molecule has 41 heavy (non-hydrogen) atoms. The van der Waals surface area contributed by atoms with Crippen LogP contribution in [0.25, 0.3) is 5.69 Å². The van der Waals surface area contributed by atoms with Gasteiger partial charge in [0.1, 0.15) is 5.82 Å². The number of hydrogen-bond donors (Lipinski definition) is 3.